The smallest absolute Gasteiger partial charge is 0.338 e. The van der Waals surface area contributed by atoms with E-state index in [0.717, 1.165) is 0 Å². The molecule has 7 nitrogen and oxygen atoms in total. The highest BCUT2D eigenvalue weighted by atomic mass is 32.2. The molecule has 118 valence electrons. The van der Waals surface area contributed by atoms with Crippen LogP contribution in [-0.2, 0) is 24.3 Å². The summed E-state index contributed by atoms with van der Waals surface area (Å²) < 4.78 is 29.7. The number of hydrogen-bond acceptors (Lipinski definition) is 7. The molecule has 1 aliphatic heterocycles. The number of carbonyl (C=O) groups is 3. The molecule has 1 aromatic carbocycles. The van der Waals surface area contributed by atoms with E-state index in [1.807, 2.05) is 0 Å². The van der Waals surface area contributed by atoms with Gasteiger partial charge in [0, 0.05) is 12.8 Å². The van der Waals surface area contributed by atoms with E-state index in [1.165, 1.54) is 36.0 Å². The molecule has 0 saturated carbocycles. The molecular formula is C13H13NO6S2. The van der Waals surface area contributed by atoms with Gasteiger partial charge in [-0.15, -0.1) is 11.8 Å². The number of ether oxygens (including phenoxy) is 1. The average Bonchev–Trinajstić information content (AvgIpc) is 2.84. The number of sulfonamides is 1. The zero-order valence-corrected chi connectivity index (χ0v) is 13.3. The van der Waals surface area contributed by atoms with Crippen LogP contribution in [0.4, 0.5) is 0 Å². The lowest BCUT2D eigenvalue weighted by molar-refractivity contribution is -0.132. The Kier molecular flexibility index (Phi) is 4.87. The first-order chi connectivity index (χ1) is 10.4. The minimum Gasteiger partial charge on any atom is -0.451 e. The second-order valence-electron chi connectivity index (χ2n) is 4.42. The lowest BCUT2D eigenvalue weighted by Crippen LogP contribution is -2.35. The normalized spacial score (nSPS) is 15.2. The number of benzene rings is 1. The molecule has 1 aromatic rings. The first kappa shape index (κ1) is 16.5. The fraction of sp³-hybridized carbons (Fsp3) is 0.308. The van der Waals surface area contributed by atoms with E-state index in [2.05, 4.69) is 0 Å². The Hall–Kier alpha value is -1.87. The van der Waals surface area contributed by atoms with Gasteiger partial charge in [0.15, 0.2) is 0 Å². The second kappa shape index (κ2) is 6.49. The van der Waals surface area contributed by atoms with Crippen molar-refractivity contribution in [1.29, 1.82) is 0 Å². The highest BCUT2D eigenvalue weighted by molar-refractivity contribution is 7.98. The van der Waals surface area contributed by atoms with Gasteiger partial charge in [0.25, 0.3) is 10.0 Å². The van der Waals surface area contributed by atoms with Crippen LogP contribution in [0.1, 0.15) is 23.2 Å². The van der Waals surface area contributed by atoms with E-state index >= 15 is 0 Å². The summed E-state index contributed by atoms with van der Waals surface area (Å²) in [6, 6.07) is 4.90. The molecular weight excluding hydrogens is 330 g/mol. The maximum Gasteiger partial charge on any atom is 0.338 e. The largest absolute Gasteiger partial charge is 0.451 e. The van der Waals surface area contributed by atoms with Gasteiger partial charge in [0.05, 0.1) is 10.5 Å². The molecule has 1 aliphatic rings. The predicted octanol–water partition coefficient (Wildman–Crippen LogP) is 1.00. The molecule has 0 unspecified atom stereocenters. The Morgan fingerprint density at radius 2 is 1.73 bits per heavy atom. The molecule has 0 N–H and O–H groups in total. The predicted molar refractivity (Wildman–Crippen MR) is 78.5 cm³/mol. The van der Waals surface area contributed by atoms with Crippen molar-refractivity contribution in [2.24, 2.45) is 0 Å². The fourth-order valence-electron chi connectivity index (χ4n) is 1.89. The third-order valence-corrected chi connectivity index (χ3v) is 5.05. The second-order valence-corrected chi connectivity index (χ2v) is 7.02. The molecule has 0 aromatic heterocycles. The minimum absolute atomic E-state index is 0.114. The van der Waals surface area contributed by atoms with Crippen molar-refractivity contribution in [2.45, 2.75) is 17.7 Å². The van der Waals surface area contributed by atoms with Crippen molar-refractivity contribution < 1.29 is 27.5 Å². The molecule has 0 bridgehead atoms. The van der Waals surface area contributed by atoms with Crippen LogP contribution < -0.4 is 0 Å². The third-order valence-electron chi connectivity index (χ3n) is 2.94. The summed E-state index contributed by atoms with van der Waals surface area (Å²) in [5, 5.41) is 0. The summed E-state index contributed by atoms with van der Waals surface area (Å²) in [6.45, 7) is 0. The highest BCUT2D eigenvalue weighted by Gasteiger charge is 2.39. The zero-order valence-electron chi connectivity index (χ0n) is 11.6. The van der Waals surface area contributed by atoms with E-state index in [4.69, 9.17) is 4.74 Å². The van der Waals surface area contributed by atoms with Crippen molar-refractivity contribution in [3.05, 3.63) is 29.8 Å². The van der Waals surface area contributed by atoms with Gasteiger partial charge in [0.1, 0.15) is 5.94 Å². The molecule has 0 atom stereocenters. The van der Waals surface area contributed by atoms with Crippen LogP contribution in [0.5, 0.6) is 0 Å². The van der Waals surface area contributed by atoms with E-state index in [0.29, 0.717) is 0 Å². The van der Waals surface area contributed by atoms with Crippen LogP contribution in [0, 0.1) is 0 Å². The van der Waals surface area contributed by atoms with Gasteiger partial charge in [0.2, 0.25) is 11.8 Å². The van der Waals surface area contributed by atoms with E-state index in [-0.39, 0.29) is 33.5 Å². The lowest BCUT2D eigenvalue weighted by atomic mass is 10.2. The molecule has 9 heteroatoms. The molecule has 0 radical (unpaired) electrons. The van der Waals surface area contributed by atoms with Crippen molar-refractivity contribution in [3.63, 3.8) is 0 Å². The monoisotopic (exact) mass is 343 g/mol. The van der Waals surface area contributed by atoms with Crippen LogP contribution in [0.25, 0.3) is 0 Å². The number of nitrogens with zero attached hydrogens (tertiary/aromatic N) is 1. The molecule has 2 amide bonds. The molecule has 2 rings (SSSR count). The van der Waals surface area contributed by atoms with Gasteiger partial charge >= 0.3 is 5.97 Å². The number of imide groups is 1. The number of amides is 2. The summed E-state index contributed by atoms with van der Waals surface area (Å²) in [5.41, 5.74) is 0.187. The number of rotatable bonds is 5. The zero-order chi connectivity index (χ0) is 16.3. The van der Waals surface area contributed by atoms with Crippen LogP contribution >= 0.6 is 11.8 Å². The minimum atomic E-state index is -4.22. The summed E-state index contributed by atoms with van der Waals surface area (Å²) in [7, 11) is -4.22. The highest BCUT2D eigenvalue weighted by Crippen LogP contribution is 2.23. The average molecular weight is 343 g/mol. The van der Waals surface area contributed by atoms with Crippen molar-refractivity contribution >= 4 is 39.6 Å². The summed E-state index contributed by atoms with van der Waals surface area (Å²) in [6.07, 6.45) is 1.54. The number of thioether (sulfide) groups is 1. The van der Waals surface area contributed by atoms with Gasteiger partial charge in [-0.25, -0.2) is 13.2 Å². The van der Waals surface area contributed by atoms with Crippen molar-refractivity contribution in [3.8, 4) is 0 Å². The number of esters is 1. The first-order valence-electron chi connectivity index (χ1n) is 6.25. The Bertz CT molecular complexity index is 695. The van der Waals surface area contributed by atoms with Gasteiger partial charge < -0.3 is 4.74 Å². The molecule has 0 aliphatic carbocycles. The van der Waals surface area contributed by atoms with Gasteiger partial charge in [-0.3, -0.25) is 9.59 Å². The SMILES string of the molecule is CSCOC(=O)c1ccc(S(=O)(=O)N2C(=O)CCC2=O)cc1. The molecule has 0 spiro atoms. The van der Waals surface area contributed by atoms with E-state index in [9.17, 15) is 22.8 Å². The van der Waals surface area contributed by atoms with Crippen LogP contribution in [0.15, 0.2) is 29.2 Å². The number of carbonyl (C=O) groups excluding carboxylic acids is 3. The summed E-state index contributed by atoms with van der Waals surface area (Å²) in [4.78, 5) is 34.5. The Labute approximate surface area is 131 Å². The van der Waals surface area contributed by atoms with E-state index in [1.54, 1.807) is 6.26 Å². The Morgan fingerprint density at radius 1 is 1.18 bits per heavy atom. The number of hydrogen-bond donors (Lipinski definition) is 0. The molecule has 1 heterocycles. The van der Waals surface area contributed by atoms with Crippen LogP contribution in [0.3, 0.4) is 0 Å². The molecule has 1 fully saturated rings. The van der Waals surface area contributed by atoms with E-state index < -0.39 is 27.8 Å². The third kappa shape index (κ3) is 3.14. The Morgan fingerprint density at radius 3 is 2.23 bits per heavy atom. The van der Waals surface area contributed by atoms with Gasteiger partial charge in [-0.1, -0.05) is 0 Å². The van der Waals surface area contributed by atoms with Crippen LogP contribution in [-0.4, -0.2) is 42.7 Å². The van der Waals surface area contributed by atoms with Crippen LogP contribution in [0.2, 0.25) is 0 Å². The quantitative estimate of drug-likeness (QED) is 0.447. The van der Waals surface area contributed by atoms with Crippen molar-refractivity contribution in [1.82, 2.24) is 4.31 Å². The summed E-state index contributed by atoms with van der Waals surface area (Å²) in [5.74, 6) is -1.87. The molecule has 22 heavy (non-hydrogen) atoms. The first-order valence-corrected chi connectivity index (χ1v) is 9.08. The maximum atomic E-state index is 12.3. The standard InChI is InChI=1S/C13H13NO6S2/c1-21-8-20-13(17)9-2-4-10(5-3-9)22(18,19)14-11(15)6-7-12(14)16/h2-5H,6-8H2,1H3. The lowest BCUT2D eigenvalue weighted by Gasteiger charge is -2.14. The fourth-order valence-corrected chi connectivity index (χ4v) is 3.52. The maximum absolute atomic E-state index is 12.3. The van der Waals surface area contributed by atoms with Gasteiger partial charge in [-0.2, -0.15) is 4.31 Å². The van der Waals surface area contributed by atoms with Gasteiger partial charge in [-0.05, 0) is 30.5 Å². The topological polar surface area (TPSA) is 97.8 Å². The Balaban J connectivity index is 2.24. The molecule has 1 saturated heterocycles. The summed E-state index contributed by atoms with van der Waals surface area (Å²) >= 11 is 1.33. The van der Waals surface area contributed by atoms with Crippen molar-refractivity contribution in [2.75, 3.05) is 12.2 Å².